The summed E-state index contributed by atoms with van der Waals surface area (Å²) in [5.41, 5.74) is 6.91. The number of esters is 1. The van der Waals surface area contributed by atoms with Gasteiger partial charge in [-0.05, 0) is 88.6 Å². The van der Waals surface area contributed by atoms with Gasteiger partial charge in [0, 0.05) is 55.4 Å². The second-order valence-corrected chi connectivity index (χ2v) is 16.7. The highest BCUT2D eigenvalue weighted by Gasteiger charge is 2.45. The number of rotatable bonds is 21. The third-order valence-electron chi connectivity index (χ3n) is 11.7. The average molecular weight is 784 g/mol. The number of thiazole rings is 1. The van der Waals surface area contributed by atoms with Gasteiger partial charge in [-0.15, -0.1) is 11.3 Å². The van der Waals surface area contributed by atoms with E-state index in [0.717, 1.165) is 37.8 Å². The Morgan fingerprint density at radius 3 is 2.27 bits per heavy atom. The van der Waals surface area contributed by atoms with E-state index < -0.39 is 47.4 Å². The summed E-state index contributed by atoms with van der Waals surface area (Å²) in [6.07, 6.45) is 4.51. The summed E-state index contributed by atoms with van der Waals surface area (Å²) >= 11 is 1.19. The number of piperidine rings is 1. The number of likely N-dealkylation sites (tertiary alicyclic amines) is 1. The molecule has 2 amide bonds. The number of Topliss-reactive ketones (excluding diaryl/α,β-unsaturated/α-hetero) is 1. The zero-order chi connectivity index (χ0) is 41.0. The molecule has 1 aliphatic heterocycles. The number of carbonyl (C=O) groups excluding carboxylic acids is 4. The zero-order valence-corrected chi connectivity index (χ0v) is 35.2. The van der Waals surface area contributed by atoms with E-state index in [0.29, 0.717) is 30.1 Å². The quantitative estimate of drug-likeness (QED) is 0.0891. The van der Waals surface area contributed by atoms with E-state index in [1.807, 2.05) is 58.7 Å². The fourth-order valence-corrected chi connectivity index (χ4v) is 8.82. The van der Waals surface area contributed by atoms with Crippen molar-refractivity contribution in [2.24, 2.45) is 23.7 Å². The Labute approximate surface area is 332 Å². The smallest absolute Gasteiger partial charge is 0.306 e. The van der Waals surface area contributed by atoms with Crippen molar-refractivity contribution in [2.45, 2.75) is 137 Å². The molecule has 1 saturated heterocycles. The highest BCUT2D eigenvalue weighted by atomic mass is 32.1. The lowest BCUT2D eigenvalue weighted by Crippen LogP contribution is -2.56. The summed E-state index contributed by atoms with van der Waals surface area (Å²) in [7, 11) is 2.02. The van der Waals surface area contributed by atoms with Gasteiger partial charge in [0.1, 0.15) is 10.7 Å². The number of ketones is 1. The van der Waals surface area contributed by atoms with Gasteiger partial charge in [-0.1, -0.05) is 60.1 Å². The molecule has 0 spiro atoms. The number of amides is 2. The number of carboxylic acids is 1. The van der Waals surface area contributed by atoms with Crippen LogP contribution in [0.1, 0.15) is 134 Å². The Hall–Kier alpha value is -3.84. The van der Waals surface area contributed by atoms with Gasteiger partial charge >= 0.3 is 11.9 Å². The van der Waals surface area contributed by atoms with E-state index in [9.17, 15) is 29.1 Å². The van der Waals surface area contributed by atoms with Crippen LogP contribution in [0.3, 0.4) is 0 Å². The van der Waals surface area contributed by atoms with E-state index in [4.69, 9.17) is 10.5 Å². The number of carboxylic acid groups (broad SMARTS) is 1. The molecular weight excluding hydrogens is 719 g/mol. The number of nitrogens with zero attached hydrogens (tertiary/aromatic N) is 3. The molecule has 0 bridgehead atoms. The Morgan fingerprint density at radius 1 is 1.05 bits per heavy atom. The summed E-state index contributed by atoms with van der Waals surface area (Å²) in [5.74, 6) is -3.13. The molecule has 3 rings (SSSR count). The number of aromatic nitrogens is 1. The number of hydrogen-bond donors (Lipinski definition) is 3. The lowest BCUT2D eigenvalue weighted by molar-refractivity contribution is -0.150. The maximum Gasteiger partial charge on any atom is 0.306 e. The topological polar surface area (TPSA) is 172 Å². The van der Waals surface area contributed by atoms with Gasteiger partial charge in [0.15, 0.2) is 11.9 Å². The lowest BCUT2D eigenvalue weighted by atomic mass is 9.75. The summed E-state index contributed by atoms with van der Waals surface area (Å²) in [5, 5.41) is 14.6. The first-order chi connectivity index (χ1) is 26.0. The van der Waals surface area contributed by atoms with Gasteiger partial charge < -0.3 is 25.8 Å². The van der Waals surface area contributed by atoms with Crippen LogP contribution < -0.4 is 11.1 Å². The van der Waals surface area contributed by atoms with Crippen LogP contribution in [-0.4, -0.2) is 87.2 Å². The molecule has 2 aromatic rings. The molecule has 0 radical (unpaired) electrons. The summed E-state index contributed by atoms with van der Waals surface area (Å²) < 4.78 is 5.85. The van der Waals surface area contributed by atoms with E-state index in [-0.39, 0.29) is 54.5 Å². The van der Waals surface area contributed by atoms with Gasteiger partial charge in [0.2, 0.25) is 5.91 Å². The monoisotopic (exact) mass is 783 g/mol. The second kappa shape index (κ2) is 20.9. The molecule has 13 heteroatoms. The Balaban J connectivity index is 1.88. The largest absolute Gasteiger partial charge is 0.481 e. The molecular formula is C42H65N5O7S. The molecule has 2 unspecified atom stereocenters. The Kier molecular flexibility index (Phi) is 17.3. The minimum absolute atomic E-state index is 0.0206. The van der Waals surface area contributed by atoms with Gasteiger partial charge in [-0.25, -0.2) is 4.98 Å². The van der Waals surface area contributed by atoms with Crippen LogP contribution in [0, 0.1) is 23.7 Å². The number of benzene rings is 1. The number of aliphatic carboxylic acids is 1. The Morgan fingerprint density at radius 2 is 1.73 bits per heavy atom. The van der Waals surface area contributed by atoms with Gasteiger partial charge in [-0.3, -0.25) is 28.9 Å². The predicted octanol–water partition coefficient (Wildman–Crippen LogP) is 6.93. The van der Waals surface area contributed by atoms with Crippen molar-refractivity contribution in [3.63, 3.8) is 0 Å². The third-order valence-corrected chi connectivity index (χ3v) is 12.6. The highest BCUT2D eigenvalue weighted by Crippen LogP contribution is 2.36. The van der Waals surface area contributed by atoms with Crippen molar-refractivity contribution in [1.29, 1.82) is 0 Å². The van der Waals surface area contributed by atoms with Crippen LogP contribution in [0.5, 0.6) is 0 Å². The highest BCUT2D eigenvalue weighted by molar-refractivity contribution is 7.09. The zero-order valence-electron chi connectivity index (χ0n) is 34.4. The summed E-state index contributed by atoms with van der Waals surface area (Å²) in [6, 6.07) is 6.36. The number of nitrogens with one attached hydrogen (secondary N) is 1. The Bertz CT molecular complexity index is 1600. The number of nitrogen functional groups attached to an aromatic ring is 1. The molecule has 306 valence electrons. The number of carbonyl (C=O) groups is 5. The first kappa shape index (κ1) is 45.5. The van der Waals surface area contributed by atoms with Crippen LogP contribution in [0.4, 0.5) is 5.69 Å². The fourth-order valence-electron chi connectivity index (χ4n) is 7.98. The van der Waals surface area contributed by atoms with Crippen LogP contribution in [0.2, 0.25) is 0 Å². The fraction of sp³-hybridized carbons (Fsp3) is 0.667. The number of ether oxygens (including phenoxy) is 1. The number of nitrogens with two attached hydrogens (primary N) is 1. The van der Waals surface area contributed by atoms with Crippen molar-refractivity contribution >= 4 is 46.6 Å². The molecule has 12 nitrogen and oxygen atoms in total. The van der Waals surface area contributed by atoms with Crippen LogP contribution in [0.25, 0.3) is 0 Å². The lowest BCUT2D eigenvalue weighted by Gasteiger charge is -2.45. The molecule has 1 fully saturated rings. The molecule has 0 aliphatic carbocycles. The minimum Gasteiger partial charge on any atom is -0.481 e. The predicted molar refractivity (Wildman–Crippen MR) is 217 cm³/mol. The van der Waals surface area contributed by atoms with Crippen LogP contribution >= 0.6 is 11.3 Å². The molecule has 1 aromatic heterocycles. The molecule has 4 N–H and O–H groups in total. The molecule has 1 aliphatic rings. The summed E-state index contributed by atoms with van der Waals surface area (Å²) in [6.45, 7) is 16.3. The average Bonchev–Trinajstić information content (AvgIpc) is 3.64. The SMILES string of the molecule is CC[C@H](C)[C@H](CC(=O)C1(CC)CCCCN1C)C(=O)N(CC)C(C[C@@H](OC(C)=O)c1nc(C(=O)N[C@@H](Cc2ccc(N)cc2)C[C@H](C)C(=O)O)cs1)C(C)C. The standard InChI is InChI=1S/C42H65N5O7S/c1-10-27(6)33(23-37(49)42(11-2)19-13-14-20-46(42)9)40(51)47(12-3)35(26(4)5)24-36(54-29(8)48)39-45-34(25-55-39)38(50)44-32(21-28(7)41(52)53)22-30-15-17-31(43)18-16-30/h15-18,25-28,32-33,35-36H,10-14,19-24,43H2,1-9H3,(H,44,50)(H,52,53)/t27-,28-,32+,33-,35?,36+,42?/m0/s1. The van der Waals surface area contributed by atoms with Gasteiger partial charge in [0.05, 0.1) is 11.5 Å². The molecule has 55 heavy (non-hydrogen) atoms. The van der Waals surface area contributed by atoms with Gasteiger partial charge in [-0.2, -0.15) is 0 Å². The number of anilines is 1. The van der Waals surface area contributed by atoms with E-state index in [1.165, 1.54) is 18.3 Å². The number of likely N-dealkylation sites (N-methyl/N-ethyl adjacent to an activating group) is 1. The second-order valence-electron chi connectivity index (χ2n) is 15.8. The first-order valence-electron chi connectivity index (χ1n) is 20.0. The molecule has 7 atom stereocenters. The minimum atomic E-state index is -0.959. The van der Waals surface area contributed by atoms with E-state index >= 15 is 0 Å². The van der Waals surface area contributed by atoms with Crippen molar-refractivity contribution in [3.8, 4) is 0 Å². The third kappa shape index (κ3) is 12.1. The normalized spacial score (nSPS) is 19.5. The maximum absolute atomic E-state index is 14.7. The van der Waals surface area contributed by atoms with Crippen molar-refractivity contribution in [1.82, 2.24) is 20.1 Å². The van der Waals surface area contributed by atoms with Crippen LogP contribution in [-0.2, 0) is 30.3 Å². The van der Waals surface area contributed by atoms with E-state index in [2.05, 4.69) is 22.1 Å². The molecule has 0 saturated carbocycles. The molecule has 1 aromatic carbocycles. The van der Waals surface area contributed by atoms with Crippen molar-refractivity contribution in [2.75, 3.05) is 25.9 Å². The van der Waals surface area contributed by atoms with Crippen molar-refractivity contribution < 1.29 is 33.8 Å². The summed E-state index contributed by atoms with van der Waals surface area (Å²) in [4.78, 5) is 75.3. The molecule has 2 heterocycles. The van der Waals surface area contributed by atoms with E-state index in [1.54, 1.807) is 24.4 Å². The maximum atomic E-state index is 14.7. The first-order valence-corrected chi connectivity index (χ1v) is 20.9. The van der Waals surface area contributed by atoms with Gasteiger partial charge in [0.25, 0.3) is 5.91 Å². The van der Waals surface area contributed by atoms with Crippen LogP contribution in [0.15, 0.2) is 29.6 Å². The van der Waals surface area contributed by atoms with Crippen molar-refractivity contribution in [3.05, 3.63) is 45.9 Å². The number of hydrogen-bond acceptors (Lipinski definition) is 10.